The van der Waals surface area contributed by atoms with E-state index in [2.05, 4.69) is 19.2 Å². The van der Waals surface area contributed by atoms with Gasteiger partial charge < -0.3 is 19.7 Å². The molecule has 0 bridgehead atoms. The van der Waals surface area contributed by atoms with E-state index in [1.807, 2.05) is 25.1 Å². The maximum Gasteiger partial charge on any atom is 0.257 e. The summed E-state index contributed by atoms with van der Waals surface area (Å²) in [5, 5.41) is 3.37. The quantitative estimate of drug-likeness (QED) is 0.559. The standard InChI is InChI=1S/C25H34N2O5S/c1-7-32-22-13-19(11-12-21(22)31-5)25(4,16-33(6,29)30)27-15-18-9-8-10-20(23(18)24(27)28)26-14-17(2)3/h8-13,17,26H,7,14-16H2,1-6H3/t25-/m1/s1. The van der Waals surface area contributed by atoms with Gasteiger partial charge in [0.05, 0.1) is 30.6 Å². The second-order valence-corrected chi connectivity index (χ2v) is 11.3. The molecule has 0 saturated carbocycles. The van der Waals surface area contributed by atoms with Gasteiger partial charge in [0.25, 0.3) is 5.91 Å². The van der Waals surface area contributed by atoms with E-state index < -0.39 is 15.4 Å². The lowest BCUT2D eigenvalue weighted by atomic mass is 9.91. The van der Waals surface area contributed by atoms with Crippen LogP contribution in [0.25, 0.3) is 0 Å². The van der Waals surface area contributed by atoms with Gasteiger partial charge in [-0.15, -0.1) is 0 Å². The highest BCUT2D eigenvalue weighted by molar-refractivity contribution is 7.90. The SMILES string of the molecule is CCOc1cc([C@@](C)(CS(C)(=O)=O)N2Cc3cccc(NCC(C)C)c3C2=O)ccc1OC. The highest BCUT2D eigenvalue weighted by Gasteiger charge is 2.45. The molecule has 33 heavy (non-hydrogen) atoms. The monoisotopic (exact) mass is 474 g/mol. The van der Waals surface area contributed by atoms with Crippen LogP contribution in [0.15, 0.2) is 36.4 Å². The molecule has 0 saturated heterocycles. The number of rotatable bonds is 10. The zero-order chi connectivity index (χ0) is 24.4. The Bertz CT molecular complexity index is 1130. The molecule has 0 fully saturated rings. The van der Waals surface area contributed by atoms with Crippen LogP contribution in [0, 0.1) is 5.92 Å². The first-order valence-electron chi connectivity index (χ1n) is 11.2. The average molecular weight is 475 g/mol. The number of hydrogen-bond donors (Lipinski definition) is 1. The maximum atomic E-state index is 13.7. The fourth-order valence-corrected chi connectivity index (χ4v) is 5.67. The molecule has 3 rings (SSSR count). The Morgan fingerprint density at radius 3 is 2.52 bits per heavy atom. The number of methoxy groups -OCH3 is 1. The van der Waals surface area contributed by atoms with E-state index >= 15 is 0 Å². The lowest BCUT2D eigenvalue weighted by Crippen LogP contribution is -2.48. The molecule has 180 valence electrons. The first-order valence-corrected chi connectivity index (χ1v) is 13.2. The lowest BCUT2D eigenvalue weighted by Gasteiger charge is -2.39. The van der Waals surface area contributed by atoms with E-state index in [-0.39, 0.29) is 11.7 Å². The first kappa shape index (κ1) is 24.9. The minimum Gasteiger partial charge on any atom is -0.493 e. The van der Waals surface area contributed by atoms with Gasteiger partial charge in [0.15, 0.2) is 11.5 Å². The van der Waals surface area contributed by atoms with Gasteiger partial charge in [0.2, 0.25) is 0 Å². The number of carbonyl (C=O) groups is 1. The number of benzene rings is 2. The first-order chi connectivity index (χ1) is 15.5. The Kier molecular flexibility index (Phi) is 7.26. The van der Waals surface area contributed by atoms with Crippen molar-refractivity contribution in [2.24, 2.45) is 5.92 Å². The maximum absolute atomic E-state index is 13.7. The molecule has 1 atom stereocenters. The molecular formula is C25H34N2O5S. The van der Waals surface area contributed by atoms with Crippen LogP contribution in [-0.2, 0) is 21.9 Å². The minimum absolute atomic E-state index is 0.184. The topological polar surface area (TPSA) is 84.9 Å². The summed E-state index contributed by atoms with van der Waals surface area (Å²) in [6, 6.07) is 11.1. The van der Waals surface area contributed by atoms with Crippen LogP contribution >= 0.6 is 0 Å². The summed E-state index contributed by atoms with van der Waals surface area (Å²) >= 11 is 0. The Hall–Kier alpha value is -2.74. The second kappa shape index (κ2) is 9.63. The van der Waals surface area contributed by atoms with Gasteiger partial charge in [-0.05, 0) is 49.1 Å². The number of sulfone groups is 1. The van der Waals surface area contributed by atoms with Crippen LogP contribution in [0.1, 0.15) is 49.2 Å². The van der Waals surface area contributed by atoms with Crippen molar-refractivity contribution in [2.45, 2.75) is 39.8 Å². The summed E-state index contributed by atoms with van der Waals surface area (Å²) in [5.74, 6) is 1.09. The highest BCUT2D eigenvalue weighted by atomic mass is 32.2. The number of nitrogens with zero attached hydrogens (tertiary/aromatic N) is 1. The van der Waals surface area contributed by atoms with Gasteiger partial charge in [-0.1, -0.05) is 32.0 Å². The van der Waals surface area contributed by atoms with Crippen molar-refractivity contribution in [3.8, 4) is 11.5 Å². The van der Waals surface area contributed by atoms with Crippen LogP contribution in [0.4, 0.5) is 5.69 Å². The fraction of sp³-hybridized carbons (Fsp3) is 0.480. The summed E-state index contributed by atoms with van der Waals surface area (Å²) in [4.78, 5) is 15.4. The zero-order valence-corrected chi connectivity index (χ0v) is 21.1. The van der Waals surface area contributed by atoms with Crippen LogP contribution < -0.4 is 14.8 Å². The molecule has 0 aliphatic carbocycles. The zero-order valence-electron chi connectivity index (χ0n) is 20.3. The van der Waals surface area contributed by atoms with Crippen molar-refractivity contribution in [3.63, 3.8) is 0 Å². The smallest absolute Gasteiger partial charge is 0.257 e. The summed E-state index contributed by atoms with van der Waals surface area (Å²) in [6.45, 7) is 9.38. The predicted molar refractivity (Wildman–Crippen MR) is 131 cm³/mol. The van der Waals surface area contributed by atoms with Crippen LogP contribution in [-0.4, -0.2) is 51.5 Å². The second-order valence-electron chi connectivity index (χ2n) is 9.15. The van der Waals surface area contributed by atoms with Gasteiger partial charge in [-0.3, -0.25) is 4.79 Å². The third-order valence-corrected chi connectivity index (χ3v) is 6.95. The molecule has 0 radical (unpaired) electrons. The number of hydrogen-bond acceptors (Lipinski definition) is 6. The van der Waals surface area contributed by atoms with Gasteiger partial charge in [0, 0.05) is 25.0 Å². The minimum atomic E-state index is -3.43. The summed E-state index contributed by atoms with van der Waals surface area (Å²) < 4.78 is 36.2. The van der Waals surface area contributed by atoms with E-state index in [0.29, 0.717) is 41.7 Å². The molecule has 2 aromatic rings. The number of fused-ring (bicyclic) bond motifs is 1. The lowest BCUT2D eigenvalue weighted by molar-refractivity contribution is 0.0575. The van der Waals surface area contributed by atoms with Crippen molar-refractivity contribution >= 4 is 21.4 Å². The molecule has 1 heterocycles. The van der Waals surface area contributed by atoms with E-state index in [0.717, 1.165) is 17.8 Å². The molecule has 0 spiro atoms. The van der Waals surface area contributed by atoms with Gasteiger partial charge in [-0.2, -0.15) is 0 Å². The predicted octanol–water partition coefficient (Wildman–Crippen LogP) is 4.08. The van der Waals surface area contributed by atoms with Crippen molar-refractivity contribution in [2.75, 3.05) is 37.6 Å². The largest absolute Gasteiger partial charge is 0.493 e. The number of ether oxygens (including phenoxy) is 2. The number of amides is 1. The van der Waals surface area contributed by atoms with Gasteiger partial charge >= 0.3 is 0 Å². The number of carbonyl (C=O) groups excluding carboxylic acids is 1. The highest BCUT2D eigenvalue weighted by Crippen LogP contribution is 2.41. The van der Waals surface area contributed by atoms with Crippen LogP contribution in [0.2, 0.25) is 0 Å². The molecule has 1 N–H and O–H groups in total. The summed E-state index contributed by atoms with van der Waals surface area (Å²) in [6.07, 6.45) is 1.20. The Labute approximate surface area is 197 Å². The van der Waals surface area contributed by atoms with Crippen molar-refractivity contribution in [3.05, 3.63) is 53.1 Å². The number of anilines is 1. The Balaban J connectivity index is 2.09. The number of nitrogens with one attached hydrogen (secondary N) is 1. The van der Waals surface area contributed by atoms with E-state index in [9.17, 15) is 13.2 Å². The van der Waals surface area contributed by atoms with Crippen LogP contribution in [0.3, 0.4) is 0 Å². The molecule has 8 heteroatoms. The molecule has 0 aromatic heterocycles. The molecule has 7 nitrogen and oxygen atoms in total. The summed E-state index contributed by atoms with van der Waals surface area (Å²) in [7, 11) is -1.88. The molecule has 2 aromatic carbocycles. The normalized spacial score (nSPS) is 15.4. The molecule has 1 aliphatic rings. The van der Waals surface area contributed by atoms with Crippen molar-refractivity contribution < 1.29 is 22.7 Å². The third-order valence-electron chi connectivity index (χ3n) is 5.86. The molecular weight excluding hydrogens is 440 g/mol. The van der Waals surface area contributed by atoms with E-state index in [4.69, 9.17) is 9.47 Å². The Morgan fingerprint density at radius 2 is 1.91 bits per heavy atom. The summed E-state index contributed by atoms with van der Waals surface area (Å²) in [5.41, 5.74) is 1.84. The van der Waals surface area contributed by atoms with Crippen molar-refractivity contribution in [1.29, 1.82) is 0 Å². The molecule has 1 aliphatic heterocycles. The van der Waals surface area contributed by atoms with Gasteiger partial charge in [0.1, 0.15) is 9.84 Å². The van der Waals surface area contributed by atoms with Crippen molar-refractivity contribution in [1.82, 2.24) is 4.90 Å². The third kappa shape index (κ3) is 5.27. The fourth-order valence-electron chi connectivity index (χ4n) is 4.33. The molecule has 1 amide bonds. The molecule has 0 unspecified atom stereocenters. The van der Waals surface area contributed by atoms with E-state index in [1.54, 1.807) is 37.1 Å². The Morgan fingerprint density at radius 1 is 1.18 bits per heavy atom. The van der Waals surface area contributed by atoms with Crippen LogP contribution in [0.5, 0.6) is 11.5 Å². The average Bonchev–Trinajstić information content (AvgIpc) is 3.09. The van der Waals surface area contributed by atoms with E-state index in [1.165, 1.54) is 6.26 Å². The van der Waals surface area contributed by atoms with Gasteiger partial charge in [-0.25, -0.2) is 8.42 Å².